The number of hydrogen-bond acceptors (Lipinski definition) is 4. The smallest absolute Gasteiger partial charge is 0.187 e. The van der Waals surface area contributed by atoms with Gasteiger partial charge in [-0.3, -0.25) is 4.79 Å². The summed E-state index contributed by atoms with van der Waals surface area (Å²) in [7, 11) is 0. The van der Waals surface area contributed by atoms with Gasteiger partial charge in [0.15, 0.2) is 5.78 Å². The van der Waals surface area contributed by atoms with Crippen LogP contribution in [0, 0.1) is 0 Å². The number of ketones is 1. The summed E-state index contributed by atoms with van der Waals surface area (Å²) in [5.41, 5.74) is 2.16. The number of para-hydroxylation sites is 1. The van der Waals surface area contributed by atoms with Crippen LogP contribution in [-0.4, -0.2) is 5.78 Å². The van der Waals surface area contributed by atoms with Crippen LogP contribution in [0.5, 0.6) is 17.2 Å². The van der Waals surface area contributed by atoms with E-state index in [-0.39, 0.29) is 12.4 Å². The number of benzene rings is 4. The largest absolute Gasteiger partial charge is 0.489 e. The zero-order valence-electron chi connectivity index (χ0n) is 18.1. The molecule has 6 heteroatoms. The number of nitrogens with one attached hydrogen (secondary N) is 1. The second-order valence-electron chi connectivity index (χ2n) is 7.33. The molecule has 0 aliphatic carbocycles. The third kappa shape index (κ3) is 6.64. The molecule has 0 saturated heterocycles. The van der Waals surface area contributed by atoms with Crippen molar-refractivity contribution in [2.75, 3.05) is 5.32 Å². The first-order chi connectivity index (χ1) is 16.6. The topological polar surface area (TPSA) is 47.6 Å². The highest BCUT2D eigenvalue weighted by atomic mass is 35.5. The molecule has 0 atom stereocenters. The summed E-state index contributed by atoms with van der Waals surface area (Å²) in [6.07, 6.45) is 3.08. The lowest BCUT2D eigenvalue weighted by Crippen LogP contribution is -1.99. The standard InChI is InChI=1S/C28H21Cl2NO3/c29-22-10-9-21(27(30)18-22)19-33-26-8-4-5-20(17-26)28(32)15-16-31-23-11-13-25(14-12-23)34-24-6-2-1-3-7-24/h1-18,31H,19H2. The SMILES string of the molecule is O=C(C=CNc1ccc(Oc2ccccc2)cc1)c1cccc(OCc2ccc(Cl)cc2Cl)c1. The van der Waals surface area contributed by atoms with Crippen molar-refractivity contribution in [1.82, 2.24) is 0 Å². The predicted molar refractivity (Wildman–Crippen MR) is 137 cm³/mol. The monoisotopic (exact) mass is 489 g/mol. The Morgan fingerprint density at radius 1 is 0.794 bits per heavy atom. The van der Waals surface area contributed by atoms with Gasteiger partial charge in [0.25, 0.3) is 0 Å². The predicted octanol–water partition coefficient (Wildman–Crippen LogP) is 8.17. The quantitative estimate of drug-likeness (QED) is 0.190. The first-order valence-electron chi connectivity index (χ1n) is 10.5. The molecule has 4 aromatic rings. The van der Waals surface area contributed by atoms with Gasteiger partial charge in [-0.15, -0.1) is 0 Å². The minimum atomic E-state index is -0.147. The molecule has 0 saturated carbocycles. The number of rotatable bonds is 9. The van der Waals surface area contributed by atoms with Gasteiger partial charge in [-0.1, -0.05) is 59.6 Å². The molecule has 4 nitrogen and oxygen atoms in total. The number of halogens is 2. The maximum Gasteiger partial charge on any atom is 0.187 e. The van der Waals surface area contributed by atoms with E-state index in [1.807, 2.05) is 60.7 Å². The van der Waals surface area contributed by atoms with E-state index < -0.39 is 0 Å². The van der Waals surface area contributed by atoms with E-state index in [4.69, 9.17) is 32.7 Å². The number of carbonyl (C=O) groups is 1. The van der Waals surface area contributed by atoms with Gasteiger partial charge in [-0.2, -0.15) is 0 Å². The molecule has 0 heterocycles. The van der Waals surface area contributed by atoms with Crippen molar-refractivity contribution in [2.24, 2.45) is 0 Å². The maximum absolute atomic E-state index is 12.6. The molecule has 0 radical (unpaired) electrons. The van der Waals surface area contributed by atoms with E-state index in [0.29, 0.717) is 21.4 Å². The summed E-state index contributed by atoms with van der Waals surface area (Å²) >= 11 is 12.1. The van der Waals surface area contributed by atoms with E-state index in [1.54, 1.807) is 42.6 Å². The van der Waals surface area contributed by atoms with Crippen LogP contribution in [0.1, 0.15) is 15.9 Å². The zero-order chi connectivity index (χ0) is 23.8. The van der Waals surface area contributed by atoms with Crippen molar-refractivity contribution in [3.8, 4) is 17.2 Å². The second-order valence-corrected chi connectivity index (χ2v) is 8.18. The lowest BCUT2D eigenvalue weighted by molar-refractivity contribution is 0.104. The van der Waals surface area contributed by atoms with Crippen molar-refractivity contribution in [3.63, 3.8) is 0 Å². The highest BCUT2D eigenvalue weighted by Crippen LogP contribution is 2.24. The highest BCUT2D eigenvalue weighted by Gasteiger charge is 2.06. The molecule has 170 valence electrons. The van der Waals surface area contributed by atoms with E-state index >= 15 is 0 Å². The number of carbonyl (C=O) groups excluding carboxylic acids is 1. The van der Waals surface area contributed by atoms with Crippen LogP contribution >= 0.6 is 23.2 Å². The minimum Gasteiger partial charge on any atom is -0.489 e. The Labute approximate surface area is 208 Å². The van der Waals surface area contributed by atoms with E-state index in [2.05, 4.69) is 5.32 Å². The zero-order valence-corrected chi connectivity index (χ0v) is 19.6. The molecule has 0 bridgehead atoms. The molecule has 0 aromatic heterocycles. The van der Waals surface area contributed by atoms with Gasteiger partial charge in [0.2, 0.25) is 0 Å². The summed E-state index contributed by atoms with van der Waals surface area (Å²) in [4.78, 5) is 12.6. The highest BCUT2D eigenvalue weighted by molar-refractivity contribution is 6.35. The molecular formula is C28H21Cl2NO3. The van der Waals surface area contributed by atoms with Crippen LogP contribution in [0.25, 0.3) is 0 Å². The summed E-state index contributed by atoms with van der Waals surface area (Å²) in [6, 6.07) is 29.3. The summed E-state index contributed by atoms with van der Waals surface area (Å²) in [6.45, 7) is 0.273. The molecular weight excluding hydrogens is 469 g/mol. The van der Waals surface area contributed by atoms with Gasteiger partial charge in [-0.05, 0) is 60.7 Å². The Bertz CT molecular complexity index is 1290. The third-order valence-electron chi connectivity index (χ3n) is 4.85. The van der Waals surface area contributed by atoms with Crippen molar-refractivity contribution in [3.05, 3.63) is 131 Å². The first-order valence-corrected chi connectivity index (χ1v) is 11.3. The molecule has 0 spiro atoms. The third-order valence-corrected chi connectivity index (χ3v) is 5.43. The normalized spacial score (nSPS) is 10.8. The average molecular weight is 490 g/mol. The van der Waals surface area contributed by atoms with Crippen LogP contribution in [0.3, 0.4) is 0 Å². The number of ether oxygens (including phenoxy) is 2. The molecule has 4 rings (SSSR count). The maximum atomic E-state index is 12.6. The Morgan fingerprint density at radius 2 is 1.53 bits per heavy atom. The van der Waals surface area contributed by atoms with Crippen LogP contribution < -0.4 is 14.8 Å². The summed E-state index contributed by atoms with van der Waals surface area (Å²) < 4.78 is 11.6. The van der Waals surface area contributed by atoms with Crippen molar-refractivity contribution < 1.29 is 14.3 Å². The summed E-state index contributed by atoms with van der Waals surface area (Å²) in [5, 5.41) is 4.20. The molecule has 0 unspecified atom stereocenters. The van der Waals surface area contributed by atoms with E-state index in [9.17, 15) is 4.79 Å². The Hall–Kier alpha value is -3.73. The Balaban J connectivity index is 1.31. The van der Waals surface area contributed by atoms with Gasteiger partial charge >= 0.3 is 0 Å². The van der Waals surface area contributed by atoms with Crippen molar-refractivity contribution in [1.29, 1.82) is 0 Å². The minimum absolute atomic E-state index is 0.147. The molecule has 1 N–H and O–H groups in total. The fourth-order valence-corrected chi connectivity index (χ4v) is 3.56. The van der Waals surface area contributed by atoms with Crippen LogP contribution in [0.2, 0.25) is 10.0 Å². The first kappa shape index (κ1) is 23.4. The molecule has 0 aliphatic heterocycles. The Morgan fingerprint density at radius 3 is 2.29 bits per heavy atom. The fourth-order valence-electron chi connectivity index (χ4n) is 3.09. The van der Waals surface area contributed by atoms with Gasteiger partial charge < -0.3 is 14.8 Å². The number of anilines is 1. The van der Waals surface area contributed by atoms with Crippen LogP contribution in [-0.2, 0) is 6.61 Å². The molecule has 0 aliphatic rings. The van der Waals surface area contributed by atoms with Gasteiger partial charge in [0.1, 0.15) is 23.9 Å². The number of allylic oxidation sites excluding steroid dienone is 1. The lowest BCUT2D eigenvalue weighted by atomic mass is 10.1. The van der Waals surface area contributed by atoms with Crippen molar-refractivity contribution in [2.45, 2.75) is 6.61 Å². The van der Waals surface area contributed by atoms with Gasteiger partial charge in [-0.25, -0.2) is 0 Å². The lowest BCUT2D eigenvalue weighted by Gasteiger charge is -2.09. The number of hydrogen-bond donors (Lipinski definition) is 1. The van der Waals surface area contributed by atoms with E-state index in [0.717, 1.165) is 22.7 Å². The second kappa shape index (κ2) is 11.4. The van der Waals surface area contributed by atoms with Crippen LogP contribution in [0.4, 0.5) is 5.69 Å². The van der Waals surface area contributed by atoms with Crippen molar-refractivity contribution >= 4 is 34.7 Å². The van der Waals surface area contributed by atoms with Gasteiger partial charge in [0.05, 0.1) is 0 Å². The Kier molecular flexibility index (Phi) is 7.87. The molecule has 4 aromatic carbocycles. The average Bonchev–Trinajstić information content (AvgIpc) is 2.85. The van der Waals surface area contributed by atoms with Gasteiger partial charge in [0, 0.05) is 39.1 Å². The molecule has 0 amide bonds. The fraction of sp³-hybridized carbons (Fsp3) is 0.0357. The molecule has 34 heavy (non-hydrogen) atoms. The van der Waals surface area contributed by atoms with E-state index in [1.165, 1.54) is 6.08 Å². The molecule has 0 fully saturated rings. The summed E-state index contributed by atoms with van der Waals surface area (Å²) in [5.74, 6) is 1.93. The van der Waals surface area contributed by atoms with Crippen LogP contribution in [0.15, 0.2) is 109 Å².